The Balaban J connectivity index is 2.03. The minimum Gasteiger partial charge on any atom is -0.481 e. The van der Waals surface area contributed by atoms with Gasteiger partial charge in [0.25, 0.3) is 0 Å². The second-order valence-electron chi connectivity index (χ2n) is 5.24. The molecule has 102 valence electrons. The molecule has 0 saturated heterocycles. The maximum atomic E-state index is 10.5. The van der Waals surface area contributed by atoms with E-state index in [4.69, 9.17) is 9.52 Å². The van der Waals surface area contributed by atoms with Crippen molar-refractivity contribution in [2.75, 3.05) is 13.1 Å². The van der Waals surface area contributed by atoms with Crippen LogP contribution in [0.25, 0.3) is 11.1 Å². The van der Waals surface area contributed by atoms with Crippen LogP contribution in [0.3, 0.4) is 0 Å². The van der Waals surface area contributed by atoms with Gasteiger partial charge in [-0.25, -0.2) is 4.98 Å². The van der Waals surface area contributed by atoms with Crippen LogP contribution in [-0.2, 0) is 10.2 Å². The number of nitrogens with zero attached hydrogens (tertiary/aromatic N) is 1. The van der Waals surface area contributed by atoms with E-state index in [1.807, 2.05) is 18.2 Å². The molecule has 0 saturated carbocycles. The van der Waals surface area contributed by atoms with Gasteiger partial charge in [-0.3, -0.25) is 4.79 Å². The number of rotatable bonds is 6. The van der Waals surface area contributed by atoms with E-state index in [2.05, 4.69) is 24.1 Å². The van der Waals surface area contributed by atoms with Gasteiger partial charge in [0.05, 0.1) is 6.42 Å². The molecule has 0 radical (unpaired) electrons. The summed E-state index contributed by atoms with van der Waals surface area (Å²) < 4.78 is 5.30. The molecule has 1 heterocycles. The Morgan fingerprint density at radius 2 is 2.26 bits per heavy atom. The SMILES string of the molecule is CC(C)(CNCCC(=O)O)c1ccc2ncoc2c1. The van der Waals surface area contributed by atoms with Crippen molar-refractivity contribution < 1.29 is 14.3 Å². The van der Waals surface area contributed by atoms with Crippen LogP contribution in [0.1, 0.15) is 25.8 Å². The van der Waals surface area contributed by atoms with Gasteiger partial charge in [-0.2, -0.15) is 0 Å². The summed E-state index contributed by atoms with van der Waals surface area (Å²) in [5, 5.41) is 11.8. The molecule has 19 heavy (non-hydrogen) atoms. The van der Waals surface area contributed by atoms with E-state index in [1.54, 1.807) is 0 Å². The van der Waals surface area contributed by atoms with E-state index in [-0.39, 0.29) is 11.8 Å². The molecule has 0 bridgehead atoms. The quantitative estimate of drug-likeness (QED) is 0.780. The predicted octanol–water partition coefficient (Wildman–Crippen LogP) is 2.17. The lowest BCUT2D eigenvalue weighted by Crippen LogP contribution is -2.34. The van der Waals surface area contributed by atoms with E-state index in [0.29, 0.717) is 13.1 Å². The van der Waals surface area contributed by atoms with Gasteiger partial charge < -0.3 is 14.8 Å². The van der Waals surface area contributed by atoms with Crippen molar-refractivity contribution in [3.05, 3.63) is 30.2 Å². The van der Waals surface area contributed by atoms with Crippen LogP contribution in [0, 0.1) is 0 Å². The number of benzene rings is 1. The van der Waals surface area contributed by atoms with E-state index >= 15 is 0 Å². The number of carboxylic acids is 1. The number of aromatic nitrogens is 1. The molecule has 5 heteroatoms. The number of carbonyl (C=O) groups is 1. The average Bonchev–Trinajstić information content (AvgIpc) is 2.81. The molecule has 0 atom stereocenters. The maximum Gasteiger partial charge on any atom is 0.304 e. The summed E-state index contributed by atoms with van der Waals surface area (Å²) in [7, 11) is 0. The third-order valence-corrected chi connectivity index (χ3v) is 3.20. The molecule has 2 N–H and O–H groups in total. The highest BCUT2D eigenvalue weighted by atomic mass is 16.4. The van der Waals surface area contributed by atoms with Crippen molar-refractivity contribution in [3.8, 4) is 0 Å². The number of hydrogen-bond acceptors (Lipinski definition) is 4. The highest BCUT2D eigenvalue weighted by Gasteiger charge is 2.21. The Kier molecular flexibility index (Phi) is 3.85. The fraction of sp³-hybridized carbons (Fsp3) is 0.429. The molecule has 0 fully saturated rings. The summed E-state index contributed by atoms with van der Waals surface area (Å²) in [6.45, 7) is 5.40. The van der Waals surface area contributed by atoms with Crippen molar-refractivity contribution in [2.24, 2.45) is 0 Å². The predicted molar refractivity (Wildman–Crippen MR) is 72.2 cm³/mol. The molecule has 2 rings (SSSR count). The third-order valence-electron chi connectivity index (χ3n) is 3.20. The minimum absolute atomic E-state index is 0.0977. The first-order chi connectivity index (χ1) is 8.99. The van der Waals surface area contributed by atoms with Crippen LogP contribution in [0.5, 0.6) is 0 Å². The monoisotopic (exact) mass is 262 g/mol. The molecule has 0 unspecified atom stereocenters. The molecule has 0 spiro atoms. The van der Waals surface area contributed by atoms with Crippen LogP contribution in [0.15, 0.2) is 29.0 Å². The summed E-state index contributed by atoms with van der Waals surface area (Å²) >= 11 is 0. The van der Waals surface area contributed by atoms with Gasteiger partial charge in [0.1, 0.15) is 5.52 Å². The van der Waals surface area contributed by atoms with Crippen molar-refractivity contribution in [1.29, 1.82) is 0 Å². The van der Waals surface area contributed by atoms with Gasteiger partial charge in [-0.1, -0.05) is 19.9 Å². The van der Waals surface area contributed by atoms with Gasteiger partial charge in [-0.15, -0.1) is 0 Å². The highest BCUT2D eigenvalue weighted by Crippen LogP contribution is 2.25. The molecule has 0 amide bonds. The number of oxazole rings is 1. The summed E-state index contributed by atoms with van der Waals surface area (Å²) in [5.74, 6) is -0.784. The Morgan fingerprint density at radius 1 is 1.47 bits per heavy atom. The van der Waals surface area contributed by atoms with E-state index < -0.39 is 5.97 Å². The van der Waals surface area contributed by atoms with Gasteiger partial charge in [-0.05, 0) is 17.7 Å². The van der Waals surface area contributed by atoms with Gasteiger partial charge >= 0.3 is 5.97 Å². The number of aliphatic carboxylic acids is 1. The van der Waals surface area contributed by atoms with Crippen molar-refractivity contribution in [1.82, 2.24) is 10.3 Å². The van der Waals surface area contributed by atoms with Crippen molar-refractivity contribution >= 4 is 17.1 Å². The molecule has 0 aliphatic heterocycles. The van der Waals surface area contributed by atoms with Gasteiger partial charge in [0.15, 0.2) is 12.0 Å². The summed E-state index contributed by atoms with van der Waals surface area (Å²) in [5.41, 5.74) is 2.66. The molecule has 1 aromatic heterocycles. The molecule has 5 nitrogen and oxygen atoms in total. The van der Waals surface area contributed by atoms with Gasteiger partial charge in [0, 0.05) is 18.5 Å². The summed E-state index contributed by atoms with van der Waals surface area (Å²) in [6.07, 6.45) is 1.57. The Bertz CT molecular complexity index is 575. The van der Waals surface area contributed by atoms with E-state index in [9.17, 15) is 4.79 Å². The lowest BCUT2D eigenvalue weighted by atomic mass is 9.84. The molecule has 2 aromatic rings. The first kappa shape index (κ1) is 13.5. The van der Waals surface area contributed by atoms with Crippen LogP contribution in [0.2, 0.25) is 0 Å². The van der Waals surface area contributed by atoms with Crippen LogP contribution < -0.4 is 5.32 Å². The second kappa shape index (κ2) is 5.40. The van der Waals surface area contributed by atoms with Crippen molar-refractivity contribution in [3.63, 3.8) is 0 Å². The molecule has 0 aliphatic carbocycles. The highest BCUT2D eigenvalue weighted by molar-refractivity contribution is 5.73. The number of carboxylic acid groups (broad SMARTS) is 1. The Hall–Kier alpha value is -1.88. The van der Waals surface area contributed by atoms with Crippen LogP contribution >= 0.6 is 0 Å². The molecular weight excluding hydrogens is 244 g/mol. The minimum atomic E-state index is -0.784. The zero-order valence-electron chi connectivity index (χ0n) is 11.1. The normalized spacial score (nSPS) is 11.9. The zero-order chi connectivity index (χ0) is 13.9. The van der Waals surface area contributed by atoms with Crippen LogP contribution in [-0.4, -0.2) is 29.1 Å². The number of hydrogen-bond donors (Lipinski definition) is 2. The molecule has 0 aliphatic rings. The van der Waals surface area contributed by atoms with Crippen molar-refractivity contribution in [2.45, 2.75) is 25.7 Å². The lowest BCUT2D eigenvalue weighted by molar-refractivity contribution is -0.136. The Morgan fingerprint density at radius 3 is 3.00 bits per heavy atom. The third kappa shape index (κ3) is 3.32. The fourth-order valence-corrected chi connectivity index (χ4v) is 1.97. The largest absolute Gasteiger partial charge is 0.481 e. The first-order valence-electron chi connectivity index (χ1n) is 6.25. The summed E-state index contributed by atoms with van der Waals surface area (Å²) in [4.78, 5) is 14.5. The standard InChI is InChI=1S/C14H18N2O3/c1-14(2,8-15-6-5-13(17)18)10-3-4-11-12(7-10)19-9-16-11/h3-4,7,9,15H,5-6,8H2,1-2H3,(H,17,18). The topological polar surface area (TPSA) is 75.4 Å². The molecular formula is C14H18N2O3. The first-order valence-corrected chi connectivity index (χ1v) is 6.25. The van der Waals surface area contributed by atoms with Crippen LogP contribution in [0.4, 0.5) is 0 Å². The summed E-state index contributed by atoms with van der Waals surface area (Å²) in [6, 6.07) is 5.96. The van der Waals surface area contributed by atoms with Gasteiger partial charge in [0.2, 0.25) is 0 Å². The number of fused-ring (bicyclic) bond motifs is 1. The van der Waals surface area contributed by atoms with E-state index in [0.717, 1.165) is 16.7 Å². The Labute approximate surface area is 111 Å². The maximum absolute atomic E-state index is 10.5. The fourth-order valence-electron chi connectivity index (χ4n) is 1.97. The number of nitrogens with one attached hydrogen (secondary N) is 1. The zero-order valence-corrected chi connectivity index (χ0v) is 11.1. The lowest BCUT2D eigenvalue weighted by Gasteiger charge is -2.25. The molecule has 1 aromatic carbocycles. The second-order valence-corrected chi connectivity index (χ2v) is 5.24. The van der Waals surface area contributed by atoms with E-state index in [1.165, 1.54) is 6.39 Å². The average molecular weight is 262 g/mol. The smallest absolute Gasteiger partial charge is 0.304 e.